The number of para-hydroxylation sites is 1. The van der Waals surface area contributed by atoms with E-state index in [-0.39, 0.29) is 11.0 Å². The Labute approximate surface area is 123 Å². The van der Waals surface area contributed by atoms with Crippen molar-refractivity contribution in [2.45, 2.75) is 24.3 Å². The van der Waals surface area contributed by atoms with Gasteiger partial charge in [0.25, 0.3) is 0 Å². The number of aromatic amines is 1. The van der Waals surface area contributed by atoms with Gasteiger partial charge in [0, 0.05) is 6.20 Å². The van der Waals surface area contributed by atoms with E-state index in [9.17, 15) is 8.42 Å². The van der Waals surface area contributed by atoms with Crippen LogP contribution >= 0.6 is 0 Å². The number of sulfonamides is 1. The fourth-order valence-corrected chi connectivity index (χ4v) is 3.70. The molecule has 0 amide bonds. The van der Waals surface area contributed by atoms with Gasteiger partial charge in [0.2, 0.25) is 10.0 Å². The van der Waals surface area contributed by atoms with Gasteiger partial charge in [-0.15, -0.1) is 0 Å². The summed E-state index contributed by atoms with van der Waals surface area (Å²) >= 11 is 0. The second-order valence-corrected chi connectivity index (χ2v) is 6.90. The Morgan fingerprint density at radius 2 is 2.14 bits per heavy atom. The van der Waals surface area contributed by atoms with Crippen LogP contribution in [0.1, 0.15) is 12.5 Å². The first kappa shape index (κ1) is 14.1. The average Bonchev–Trinajstić information content (AvgIpc) is 2.97. The van der Waals surface area contributed by atoms with Gasteiger partial charge in [-0.2, -0.15) is 9.40 Å². The van der Waals surface area contributed by atoms with E-state index in [1.807, 2.05) is 24.3 Å². The van der Waals surface area contributed by atoms with Crippen LogP contribution in [0.25, 0.3) is 0 Å². The molecule has 0 atom stereocenters. The number of H-pyrrole nitrogens is 1. The van der Waals surface area contributed by atoms with Crippen LogP contribution < -0.4 is 4.74 Å². The molecular weight excluding hydrogens is 290 g/mol. The van der Waals surface area contributed by atoms with E-state index >= 15 is 0 Å². The van der Waals surface area contributed by atoms with Gasteiger partial charge in [-0.3, -0.25) is 5.10 Å². The largest absolute Gasteiger partial charge is 0.487 e. The highest BCUT2D eigenvalue weighted by Crippen LogP contribution is 2.26. The molecule has 21 heavy (non-hydrogen) atoms. The molecule has 112 valence electrons. The second-order valence-electron chi connectivity index (χ2n) is 4.96. The van der Waals surface area contributed by atoms with Crippen LogP contribution in [-0.2, 0) is 16.4 Å². The lowest BCUT2D eigenvalue weighted by Crippen LogP contribution is -2.55. The lowest BCUT2D eigenvalue weighted by molar-refractivity contribution is 0.0754. The zero-order chi connectivity index (χ0) is 14.9. The molecule has 6 nitrogen and oxygen atoms in total. The minimum Gasteiger partial charge on any atom is -0.487 e. The lowest BCUT2D eigenvalue weighted by atomic mass is 10.1. The summed E-state index contributed by atoms with van der Waals surface area (Å²) in [6, 6.07) is 7.84. The Hall–Kier alpha value is -1.86. The van der Waals surface area contributed by atoms with E-state index < -0.39 is 10.0 Å². The van der Waals surface area contributed by atoms with Crippen molar-refractivity contribution in [2.24, 2.45) is 0 Å². The molecule has 1 aliphatic rings. The van der Waals surface area contributed by atoms with Crippen LogP contribution in [-0.4, -0.2) is 42.1 Å². The summed E-state index contributed by atoms with van der Waals surface area (Å²) in [5.74, 6) is 0.838. The summed E-state index contributed by atoms with van der Waals surface area (Å²) in [4.78, 5) is 0.190. The zero-order valence-corrected chi connectivity index (χ0v) is 12.5. The van der Waals surface area contributed by atoms with E-state index in [2.05, 4.69) is 17.1 Å². The lowest BCUT2D eigenvalue weighted by Gasteiger charge is -2.37. The zero-order valence-electron chi connectivity index (χ0n) is 11.7. The van der Waals surface area contributed by atoms with Crippen LogP contribution in [0.2, 0.25) is 0 Å². The highest BCUT2D eigenvalue weighted by molar-refractivity contribution is 7.89. The van der Waals surface area contributed by atoms with Crippen molar-refractivity contribution >= 4 is 10.0 Å². The molecule has 0 spiro atoms. The minimum absolute atomic E-state index is 0.0978. The van der Waals surface area contributed by atoms with E-state index in [0.717, 1.165) is 17.7 Å². The molecule has 1 fully saturated rings. The van der Waals surface area contributed by atoms with Crippen molar-refractivity contribution in [3.05, 3.63) is 42.2 Å². The molecule has 1 saturated heterocycles. The van der Waals surface area contributed by atoms with Crippen LogP contribution in [0.15, 0.2) is 41.6 Å². The Morgan fingerprint density at radius 3 is 2.81 bits per heavy atom. The Kier molecular flexibility index (Phi) is 3.69. The predicted octanol–water partition coefficient (Wildman–Crippen LogP) is 1.42. The van der Waals surface area contributed by atoms with E-state index in [1.165, 1.54) is 16.7 Å². The van der Waals surface area contributed by atoms with Crippen molar-refractivity contribution < 1.29 is 13.2 Å². The van der Waals surface area contributed by atoms with Gasteiger partial charge < -0.3 is 4.74 Å². The van der Waals surface area contributed by atoms with Crippen LogP contribution in [0.4, 0.5) is 0 Å². The molecule has 3 rings (SSSR count). The maximum Gasteiger partial charge on any atom is 0.246 e. The fraction of sp³-hybridized carbons (Fsp3) is 0.357. The monoisotopic (exact) mass is 307 g/mol. The molecule has 2 heterocycles. The Bertz CT molecular complexity index is 707. The quantitative estimate of drug-likeness (QED) is 0.906. The summed E-state index contributed by atoms with van der Waals surface area (Å²) in [6.07, 6.45) is 3.49. The number of rotatable bonds is 5. The first-order chi connectivity index (χ1) is 10.1. The summed E-state index contributed by atoms with van der Waals surface area (Å²) in [6.45, 7) is 2.80. The average molecular weight is 307 g/mol. The third kappa shape index (κ3) is 2.66. The molecule has 1 N–H and O–H groups in total. The van der Waals surface area contributed by atoms with Crippen molar-refractivity contribution in [1.29, 1.82) is 0 Å². The summed E-state index contributed by atoms with van der Waals surface area (Å²) < 4.78 is 31.7. The van der Waals surface area contributed by atoms with Gasteiger partial charge in [0.15, 0.2) is 0 Å². The summed E-state index contributed by atoms with van der Waals surface area (Å²) in [5, 5.41) is 6.19. The molecule has 0 bridgehead atoms. The second kappa shape index (κ2) is 5.50. The maximum atomic E-state index is 12.2. The smallest absolute Gasteiger partial charge is 0.246 e. The first-order valence-corrected chi connectivity index (χ1v) is 8.28. The maximum absolute atomic E-state index is 12.2. The molecule has 0 aliphatic carbocycles. The molecule has 1 aromatic carbocycles. The van der Waals surface area contributed by atoms with E-state index in [1.54, 1.807) is 0 Å². The van der Waals surface area contributed by atoms with Crippen molar-refractivity contribution in [2.75, 3.05) is 13.1 Å². The molecular formula is C14H17N3O3S. The molecule has 0 unspecified atom stereocenters. The van der Waals surface area contributed by atoms with Crippen molar-refractivity contribution in [3.8, 4) is 5.75 Å². The van der Waals surface area contributed by atoms with Crippen LogP contribution in [0, 0.1) is 0 Å². The molecule has 0 radical (unpaired) electrons. The molecule has 1 aromatic heterocycles. The highest BCUT2D eigenvalue weighted by Gasteiger charge is 2.38. The van der Waals surface area contributed by atoms with Gasteiger partial charge in [-0.1, -0.05) is 25.1 Å². The summed E-state index contributed by atoms with van der Waals surface area (Å²) in [5.41, 5.74) is 1.13. The van der Waals surface area contributed by atoms with Gasteiger partial charge in [-0.05, 0) is 18.1 Å². The Morgan fingerprint density at radius 1 is 1.38 bits per heavy atom. The number of aromatic nitrogens is 2. The van der Waals surface area contributed by atoms with Gasteiger partial charge in [0.05, 0.1) is 19.3 Å². The first-order valence-electron chi connectivity index (χ1n) is 6.84. The van der Waals surface area contributed by atoms with E-state index in [0.29, 0.717) is 13.1 Å². The predicted molar refractivity (Wildman–Crippen MR) is 77.6 cm³/mol. The third-order valence-corrected chi connectivity index (χ3v) is 5.37. The number of nitrogens with zero attached hydrogens (tertiary/aromatic N) is 2. The number of nitrogens with one attached hydrogen (secondary N) is 1. The van der Waals surface area contributed by atoms with Gasteiger partial charge in [0.1, 0.15) is 16.7 Å². The Balaban J connectivity index is 1.64. The highest BCUT2D eigenvalue weighted by atomic mass is 32.2. The molecule has 0 saturated carbocycles. The number of aryl methyl sites for hydroxylation is 1. The topological polar surface area (TPSA) is 75.3 Å². The number of benzene rings is 1. The van der Waals surface area contributed by atoms with Gasteiger partial charge in [-0.25, -0.2) is 8.42 Å². The normalized spacial score (nSPS) is 16.6. The van der Waals surface area contributed by atoms with E-state index in [4.69, 9.17) is 4.74 Å². The molecule has 1 aliphatic heterocycles. The van der Waals surface area contributed by atoms with Gasteiger partial charge >= 0.3 is 0 Å². The minimum atomic E-state index is -3.44. The standard InChI is InChI=1S/C14H17N3O3S/c1-2-11-5-3-4-6-14(11)20-12-9-17(10-12)21(18,19)13-7-15-16-8-13/h3-8,12H,2,9-10H2,1H3,(H,15,16). The number of hydrogen-bond acceptors (Lipinski definition) is 4. The number of hydrogen-bond donors (Lipinski definition) is 1. The molecule has 7 heteroatoms. The number of ether oxygens (including phenoxy) is 1. The molecule has 2 aromatic rings. The van der Waals surface area contributed by atoms with Crippen molar-refractivity contribution in [1.82, 2.24) is 14.5 Å². The SMILES string of the molecule is CCc1ccccc1OC1CN(S(=O)(=O)c2cn[nH]c2)C1. The van der Waals surface area contributed by atoms with Crippen LogP contribution in [0.3, 0.4) is 0 Å². The summed E-state index contributed by atoms with van der Waals surface area (Å²) in [7, 11) is -3.44. The fourth-order valence-electron chi connectivity index (χ4n) is 2.29. The van der Waals surface area contributed by atoms with Crippen molar-refractivity contribution in [3.63, 3.8) is 0 Å². The third-order valence-electron chi connectivity index (χ3n) is 3.57. The van der Waals surface area contributed by atoms with Crippen LogP contribution in [0.5, 0.6) is 5.75 Å².